The standard InChI is InChI=1S/C23H30N4O5/c1-25(2)17-9-7-16(8-10-17)20(26-11-5-6-12-26)15-24-23(28)18-13-21(31-3)22(32-4)14-19(18)27(29)30/h7-10,13-14,20H,5-6,11-12,15H2,1-4H3,(H,24,28)/t20-/m1/s1. The molecule has 1 atom stereocenters. The first kappa shape index (κ1) is 23.3. The molecule has 1 amide bonds. The van der Waals surface area contributed by atoms with Gasteiger partial charge in [-0.3, -0.25) is 19.8 Å². The van der Waals surface area contributed by atoms with E-state index in [1.807, 2.05) is 19.0 Å². The molecule has 0 aromatic heterocycles. The lowest BCUT2D eigenvalue weighted by Crippen LogP contribution is -2.37. The number of methoxy groups -OCH3 is 2. The lowest BCUT2D eigenvalue weighted by molar-refractivity contribution is -0.385. The topological polar surface area (TPSA) is 97.2 Å². The minimum Gasteiger partial charge on any atom is -0.493 e. The number of carbonyl (C=O) groups excluding carboxylic acids is 1. The van der Waals surface area contributed by atoms with Crippen molar-refractivity contribution in [2.24, 2.45) is 0 Å². The Kier molecular flexibility index (Phi) is 7.53. The molecule has 9 nitrogen and oxygen atoms in total. The van der Waals surface area contributed by atoms with Gasteiger partial charge >= 0.3 is 0 Å². The Balaban J connectivity index is 1.84. The van der Waals surface area contributed by atoms with Crippen LogP contribution in [0, 0.1) is 10.1 Å². The lowest BCUT2D eigenvalue weighted by Gasteiger charge is -2.28. The van der Waals surface area contributed by atoms with Crippen LogP contribution in [0.25, 0.3) is 0 Å². The third kappa shape index (κ3) is 5.11. The molecule has 1 fully saturated rings. The third-order valence-electron chi connectivity index (χ3n) is 5.77. The van der Waals surface area contributed by atoms with E-state index in [1.54, 1.807) is 0 Å². The molecule has 0 bridgehead atoms. The van der Waals surface area contributed by atoms with Crippen molar-refractivity contribution < 1.29 is 19.2 Å². The fourth-order valence-electron chi connectivity index (χ4n) is 3.99. The number of nitrogens with one attached hydrogen (secondary N) is 1. The van der Waals surface area contributed by atoms with Crippen LogP contribution in [0.5, 0.6) is 11.5 Å². The molecular formula is C23H30N4O5. The maximum Gasteiger partial charge on any atom is 0.286 e. The zero-order valence-electron chi connectivity index (χ0n) is 19.0. The fraction of sp³-hybridized carbons (Fsp3) is 0.435. The van der Waals surface area contributed by atoms with Crippen LogP contribution in [-0.2, 0) is 0 Å². The molecule has 0 radical (unpaired) electrons. The first-order chi connectivity index (χ1) is 15.3. The molecule has 2 aromatic carbocycles. The maximum absolute atomic E-state index is 13.0. The van der Waals surface area contributed by atoms with Gasteiger partial charge in [0.1, 0.15) is 5.56 Å². The summed E-state index contributed by atoms with van der Waals surface area (Å²) in [7, 11) is 6.79. The van der Waals surface area contributed by atoms with Crippen molar-refractivity contribution >= 4 is 17.3 Å². The smallest absolute Gasteiger partial charge is 0.286 e. The van der Waals surface area contributed by atoms with Gasteiger partial charge in [-0.1, -0.05) is 12.1 Å². The van der Waals surface area contributed by atoms with E-state index in [2.05, 4.69) is 34.5 Å². The normalized spacial score (nSPS) is 14.6. The number of nitro groups is 1. The average Bonchev–Trinajstić information content (AvgIpc) is 3.32. The SMILES string of the molecule is COc1cc(C(=O)NC[C@H](c2ccc(N(C)C)cc2)N2CCCC2)c([N+](=O)[O-])cc1OC. The van der Waals surface area contributed by atoms with Crippen molar-refractivity contribution in [2.45, 2.75) is 18.9 Å². The molecule has 0 spiro atoms. The number of hydrogen-bond donors (Lipinski definition) is 1. The van der Waals surface area contributed by atoms with Gasteiger partial charge < -0.3 is 19.7 Å². The number of amides is 1. The minimum atomic E-state index is -0.588. The number of nitro benzene ring substituents is 1. The molecular weight excluding hydrogens is 412 g/mol. The van der Waals surface area contributed by atoms with Gasteiger partial charge in [-0.15, -0.1) is 0 Å². The second-order valence-electron chi connectivity index (χ2n) is 7.94. The highest BCUT2D eigenvalue weighted by Gasteiger charge is 2.27. The van der Waals surface area contributed by atoms with Gasteiger partial charge in [0.05, 0.1) is 31.3 Å². The number of ether oxygens (including phenoxy) is 2. The molecule has 9 heteroatoms. The van der Waals surface area contributed by atoms with Crippen LogP contribution < -0.4 is 19.7 Å². The van der Waals surface area contributed by atoms with E-state index < -0.39 is 10.8 Å². The van der Waals surface area contributed by atoms with E-state index in [4.69, 9.17) is 9.47 Å². The second kappa shape index (κ2) is 10.3. The van der Waals surface area contributed by atoms with Crippen molar-refractivity contribution in [2.75, 3.05) is 52.8 Å². The largest absolute Gasteiger partial charge is 0.493 e. The second-order valence-corrected chi connectivity index (χ2v) is 7.94. The summed E-state index contributed by atoms with van der Waals surface area (Å²) in [6.07, 6.45) is 2.22. The Hall–Kier alpha value is -3.33. The van der Waals surface area contributed by atoms with Gasteiger partial charge in [-0.2, -0.15) is 0 Å². The zero-order valence-corrected chi connectivity index (χ0v) is 19.0. The maximum atomic E-state index is 13.0. The minimum absolute atomic E-state index is 0.0168. The monoisotopic (exact) mass is 442 g/mol. The summed E-state index contributed by atoms with van der Waals surface area (Å²) >= 11 is 0. The molecule has 1 aliphatic heterocycles. The Labute approximate surface area is 188 Å². The van der Waals surface area contributed by atoms with E-state index in [0.29, 0.717) is 6.54 Å². The predicted molar refractivity (Wildman–Crippen MR) is 123 cm³/mol. The fourth-order valence-corrected chi connectivity index (χ4v) is 3.99. The van der Waals surface area contributed by atoms with Gasteiger partial charge in [0, 0.05) is 32.4 Å². The summed E-state index contributed by atoms with van der Waals surface area (Å²) in [6.45, 7) is 2.24. The Morgan fingerprint density at radius 1 is 1.12 bits per heavy atom. The van der Waals surface area contributed by atoms with Gasteiger partial charge in [0.25, 0.3) is 11.6 Å². The first-order valence-electron chi connectivity index (χ1n) is 10.6. The number of likely N-dealkylation sites (tertiary alicyclic amines) is 1. The van der Waals surface area contributed by atoms with Crippen LogP contribution in [0.1, 0.15) is 34.8 Å². The lowest BCUT2D eigenvalue weighted by atomic mass is 10.0. The Morgan fingerprint density at radius 3 is 2.25 bits per heavy atom. The summed E-state index contributed by atoms with van der Waals surface area (Å²) in [5, 5.41) is 14.5. The molecule has 3 rings (SSSR count). The molecule has 2 aromatic rings. The van der Waals surface area contributed by atoms with Crippen LogP contribution in [0.4, 0.5) is 11.4 Å². The molecule has 0 unspecified atom stereocenters. The van der Waals surface area contributed by atoms with Crippen LogP contribution in [-0.4, -0.2) is 63.7 Å². The molecule has 1 aliphatic rings. The Bertz CT molecular complexity index is 956. The van der Waals surface area contributed by atoms with Crippen molar-refractivity contribution in [3.63, 3.8) is 0 Å². The third-order valence-corrected chi connectivity index (χ3v) is 5.77. The quantitative estimate of drug-likeness (QED) is 0.470. The summed E-state index contributed by atoms with van der Waals surface area (Å²) in [4.78, 5) is 28.3. The average molecular weight is 443 g/mol. The summed E-state index contributed by atoms with van der Waals surface area (Å²) in [5.74, 6) is -0.0583. The van der Waals surface area contributed by atoms with Crippen LogP contribution >= 0.6 is 0 Å². The molecule has 32 heavy (non-hydrogen) atoms. The van der Waals surface area contributed by atoms with E-state index >= 15 is 0 Å². The number of rotatable bonds is 9. The van der Waals surface area contributed by atoms with Gasteiger partial charge in [0.2, 0.25) is 0 Å². The van der Waals surface area contributed by atoms with Gasteiger partial charge in [-0.25, -0.2) is 0 Å². The number of carbonyl (C=O) groups is 1. The molecule has 1 heterocycles. The molecule has 172 valence electrons. The number of hydrogen-bond acceptors (Lipinski definition) is 7. The van der Waals surface area contributed by atoms with E-state index in [0.717, 1.165) is 37.2 Å². The van der Waals surface area contributed by atoms with Crippen LogP contribution in [0.15, 0.2) is 36.4 Å². The molecule has 0 saturated carbocycles. The first-order valence-corrected chi connectivity index (χ1v) is 10.6. The Morgan fingerprint density at radius 2 is 1.72 bits per heavy atom. The predicted octanol–water partition coefficient (Wildman–Crippen LogP) is 3.24. The van der Waals surface area contributed by atoms with E-state index in [9.17, 15) is 14.9 Å². The molecule has 1 saturated heterocycles. The van der Waals surface area contributed by atoms with E-state index in [-0.39, 0.29) is 28.8 Å². The highest BCUT2D eigenvalue weighted by atomic mass is 16.6. The highest BCUT2D eigenvalue weighted by Crippen LogP contribution is 2.34. The van der Waals surface area contributed by atoms with Gasteiger partial charge in [0.15, 0.2) is 11.5 Å². The summed E-state index contributed by atoms with van der Waals surface area (Å²) in [5.41, 5.74) is 1.81. The molecule has 1 N–H and O–H groups in total. The van der Waals surface area contributed by atoms with Crippen LogP contribution in [0.2, 0.25) is 0 Å². The van der Waals surface area contributed by atoms with Crippen molar-refractivity contribution in [1.82, 2.24) is 10.2 Å². The number of benzene rings is 2. The van der Waals surface area contributed by atoms with Crippen molar-refractivity contribution in [3.8, 4) is 11.5 Å². The molecule has 0 aliphatic carbocycles. The van der Waals surface area contributed by atoms with E-state index in [1.165, 1.54) is 26.4 Å². The highest BCUT2D eigenvalue weighted by molar-refractivity contribution is 5.99. The van der Waals surface area contributed by atoms with Crippen LogP contribution in [0.3, 0.4) is 0 Å². The number of nitrogens with zero attached hydrogens (tertiary/aromatic N) is 3. The zero-order chi connectivity index (χ0) is 23.3. The van der Waals surface area contributed by atoms with Gasteiger partial charge in [-0.05, 0) is 43.6 Å². The summed E-state index contributed by atoms with van der Waals surface area (Å²) < 4.78 is 10.4. The van der Waals surface area contributed by atoms with Crippen molar-refractivity contribution in [3.05, 3.63) is 57.6 Å². The van der Waals surface area contributed by atoms with Crippen molar-refractivity contribution in [1.29, 1.82) is 0 Å². The number of anilines is 1. The summed E-state index contributed by atoms with van der Waals surface area (Å²) in [6, 6.07) is 10.8.